The summed E-state index contributed by atoms with van der Waals surface area (Å²) in [6.07, 6.45) is 0. The number of carbonyl (C=O) groups is 4. The van der Waals surface area contributed by atoms with Crippen molar-refractivity contribution in [2.45, 2.75) is 19.5 Å². The van der Waals surface area contributed by atoms with E-state index in [1.54, 1.807) is 31.2 Å². The van der Waals surface area contributed by atoms with Gasteiger partial charge in [0.1, 0.15) is 29.0 Å². The maximum absolute atomic E-state index is 13.9. The average Bonchev–Trinajstić information content (AvgIpc) is 3.29. The van der Waals surface area contributed by atoms with Gasteiger partial charge in [-0.3, -0.25) is 19.2 Å². The van der Waals surface area contributed by atoms with Crippen LogP contribution in [0.15, 0.2) is 48.5 Å². The van der Waals surface area contributed by atoms with E-state index in [2.05, 4.69) is 9.69 Å². The third-order valence-electron chi connectivity index (χ3n) is 5.41. The molecule has 38 heavy (non-hydrogen) atoms. The number of benzene rings is 2. The first-order valence-electron chi connectivity index (χ1n) is 11.3. The Morgan fingerprint density at radius 2 is 1.82 bits per heavy atom. The number of para-hydroxylation sites is 1. The highest BCUT2D eigenvalue weighted by molar-refractivity contribution is 7.09. The van der Waals surface area contributed by atoms with E-state index < -0.39 is 42.1 Å². The molecule has 3 rings (SSSR count). The Bertz CT molecular complexity index is 1330. The van der Waals surface area contributed by atoms with Gasteiger partial charge in [-0.2, -0.15) is 4.37 Å². The third-order valence-corrected chi connectivity index (χ3v) is 6.26. The van der Waals surface area contributed by atoms with Gasteiger partial charge in [0.25, 0.3) is 11.8 Å². The smallest absolute Gasteiger partial charge is 0.325 e. The van der Waals surface area contributed by atoms with Gasteiger partial charge in [0.15, 0.2) is 5.69 Å². The van der Waals surface area contributed by atoms with Gasteiger partial charge in [-0.05, 0) is 42.2 Å². The summed E-state index contributed by atoms with van der Waals surface area (Å²) < 4.78 is 27.9. The van der Waals surface area contributed by atoms with Gasteiger partial charge in [-0.15, -0.1) is 0 Å². The van der Waals surface area contributed by atoms with E-state index >= 15 is 0 Å². The van der Waals surface area contributed by atoms with E-state index in [0.717, 1.165) is 12.1 Å². The number of rotatable bonds is 11. The number of nitrogens with two attached hydrogens (primary N) is 2. The number of hydrogen-bond donors (Lipinski definition) is 3. The third kappa shape index (κ3) is 6.42. The second-order valence-electron chi connectivity index (χ2n) is 7.86. The number of ether oxygens (including phenoxy) is 2. The molecule has 1 atom stereocenters. The number of carbonyl (C=O) groups excluding carboxylic acids is 4. The summed E-state index contributed by atoms with van der Waals surface area (Å²) in [6.45, 7) is 1.10. The van der Waals surface area contributed by atoms with Crippen molar-refractivity contribution in [2.24, 2.45) is 5.73 Å². The number of halogens is 1. The molecule has 0 aliphatic carbocycles. The minimum absolute atomic E-state index is 0.112. The maximum Gasteiger partial charge on any atom is 0.325 e. The molecule has 0 saturated carbocycles. The Balaban J connectivity index is 2.13. The minimum Gasteiger partial charge on any atom is -0.496 e. The van der Waals surface area contributed by atoms with Gasteiger partial charge in [0, 0.05) is 5.56 Å². The van der Waals surface area contributed by atoms with Crippen molar-refractivity contribution in [3.05, 3.63) is 76.0 Å². The molecule has 0 fully saturated rings. The predicted molar refractivity (Wildman–Crippen MR) is 137 cm³/mol. The molecular formula is C25H26FN5O6S. The molecule has 3 amide bonds. The van der Waals surface area contributed by atoms with Crippen LogP contribution in [0.25, 0.3) is 0 Å². The molecular weight excluding hydrogens is 517 g/mol. The lowest BCUT2D eigenvalue weighted by Gasteiger charge is -2.31. The van der Waals surface area contributed by atoms with E-state index in [0.29, 0.717) is 22.8 Å². The normalized spacial score (nSPS) is 11.3. The Morgan fingerprint density at radius 1 is 1.13 bits per heavy atom. The van der Waals surface area contributed by atoms with E-state index in [4.69, 9.17) is 20.9 Å². The van der Waals surface area contributed by atoms with Crippen LogP contribution in [-0.2, 0) is 20.9 Å². The molecule has 0 aliphatic rings. The molecule has 0 aliphatic heterocycles. The molecule has 11 nitrogen and oxygen atoms in total. The second kappa shape index (κ2) is 12.6. The molecule has 3 aromatic rings. The molecule has 5 N–H and O–H groups in total. The average molecular weight is 544 g/mol. The highest BCUT2D eigenvalue weighted by Crippen LogP contribution is 2.32. The molecule has 1 aromatic heterocycles. The Hall–Kier alpha value is -4.52. The Kier molecular flexibility index (Phi) is 9.33. The highest BCUT2D eigenvalue weighted by Gasteiger charge is 2.35. The van der Waals surface area contributed by atoms with Crippen LogP contribution in [0, 0.1) is 5.82 Å². The van der Waals surface area contributed by atoms with Crippen LogP contribution >= 0.6 is 11.5 Å². The zero-order chi connectivity index (χ0) is 27.8. The number of nitrogens with one attached hydrogen (secondary N) is 1. The van der Waals surface area contributed by atoms with Crippen molar-refractivity contribution in [3.63, 3.8) is 0 Å². The zero-order valence-electron chi connectivity index (χ0n) is 20.6. The summed E-state index contributed by atoms with van der Waals surface area (Å²) in [5.41, 5.74) is 11.6. The van der Waals surface area contributed by atoms with E-state index in [-0.39, 0.29) is 35.0 Å². The number of nitrogen functional groups attached to an aromatic ring is 1. The van der Waals surface area contributed by atoms with Crippen LogP contribution in [0.3, 0.4) is 0 Å². The molecule has 13 heteroatoms. The lowest BCUT2D eigenvalue weighted by atomic mass is 10.0. The maximum atomic E-state index is 13.9. The van der Waals surface area contributed by atoms with Crippen LogP contribution in [0.5, 0.6) is 5.75 Å². The fourth-order valence-electron chi connectivity index (χ4n) is 3.64. The lowest BCUT2D eigenvalue weighted by Crippen LogP contribution is -2.44. The summed E-state index contributed by atoms with van der Waals surface area (Å²) in [6, 6.07) is 10.4. The lowest BCUT2D eigenvalue weighted by molar-refractivity contribution is -0.143. The van der Waals surface area contributed by atoms with Gasteiger partial charge in [-0.25, -0.2) is 4.39 Å². The van der Waals surface area contributed by atoms with Crippen molar-refractivity contribution < 1.29 is 33.0 Å². The van der Waals surface area contributed by atoms with Gasteiger partial charge in [0.05, 0.1) is 25.9 Å². The number of anilines is 1. The van der Waals surface area contributed by atoms with Gasteiger partial charge in [-0.1, -0.05) is 30.3 Å². The van der Waals surface area contributed by atoms with E-state index in [1.807, 2.05) is 0 Å². The van der Waals surface area contributed by atoms with E-state index in [9.17, 15) is 23.6 Å². The topological polar surface area (TPSA) is 167 Å². The number of primary amides is 1. The zero-order valence-corrected chi connectivity index (χ0v) is 21.4. The first kappa shape index (κ1) is 28.1. The van der Waals surface area contributed by atoms with Crippen LogP contribution < -0.4 is 21.5 Å². The predicted octanol–water partition coefficient (Wildman–Crippen LogP) is 2.03. The molecule has 0 radical (unpaired) electrons. The number of hydrogen-bond acceptors (Lipinski definition) is 9. The number of amides is 3. The summed E-state index contributed by atoms with van der Waals surface area (Å²) in [5, 5.41) is 2.47. The largest absolute Gasteiger partial charge is 0.496 e. The molecule has 0 saturated heterocycles. The first-order chi connectivity index (χ1) is 18.2. The van der Waals surface area contributed by atoms with Crippen LogP contribution in [0.4, 0.5) is 10.1 Å². The quantitative estimate of drug-likeness (QED) is 0.309. The monoisotopic (exact) mass is 543 g/mol. The molecule has 1 heterocycles. The number of aromatic nitrogens is 1. The van der Waals surface area contributed by atoms with Crippen molar-refractivity contribution in [2.75, 3.05) is 26.0 Å². The summed E-state index contributed by atoms with van der Waals surface area (Å²) in [4.78, 5) is 52.1. The first-order valence-corrected chi connectivity index (χ1v) is 12.1. The summed E-state index contributed by atoms with van der Waals surface area (Å²) in [7, 11) is 1.45. The van der Waals surface area contributed by atoms with E-state index in [1.165, 1.54) is 24.1 Å². The SMILES string of the molecule is CCOC(=O)CNC(=O)C(c1ccc(F)cc1)N(Cc1ccccc1OC)C(=O)c1snc(C(N)=O)c1N. The number of methoxy groups -OCH3 is 1. The van der Waals surface area contributed by atoms with Crippen molar-refractivity contribution >= 4 is 40.9 Å². The van der Waals surface area contributed by atoms with Crippen molar-refractivity contribution in [3.8, 4) is 5.75 Å². The molecule has 0 bridgehead atoms. The summed E-state index contributed by atoms with van der Waals surface area (Å²) in [5.74, 6) is -3.22. The van der Waals surface area contributed by atoms with Gasteiger partial charge >= 0.3 is 5.97 Å². The molecule has 2 aromatic carbocycles. The van der Waals surface area contributed by atoms with Gasteiger partial charge < -0.3 is 31.2 Å². The molecule has 200 valence electrons. The van der Waals surface area contributed by atoms with Gasteiger partial charge in [0.2, 0.25) is 5.91 Å². The fraction of sp³-hybridized carbons (Fsp3) is 0.240. The van der Waals surface area contributed by atoms with Crippen molar-refractivity contribution in [1.29, 1.82) is 0 Å². The standard InChI is InChI=1S/C25H26FN5O6S/c1-3-37-18(32)12-29-24(34)21(14-8-10-16(26)11-9-14)31(13-15-6-4-5-7-17(15)36-2)25(35)22-19(27)20(23(28)33)30-38-22/h4-11,21H,3,12-13,27H2,1-2H3,(H2,28,33)(H,29,34). The fourth-order valence-corrected chi connectivity index (χ4v) is 4.40. The number of nitrogens with zero attached hydrogens (tertiary/aromatic N) is 2. The summed E-state index contributed by atoms with van der Waals surface area (Å²) >= 11 is 0.649. The minimum atomic E-state index is -1.36. The van der Waals surface area contributed by atoms with Crippen LogP contribution in [0.2, 0.25) is 0 Å². The molecule has 0 spiro atoms. The number of esters is 1. The van der Waals surface area contributed by atoms with Crippen molar-refractivity contribution in [1.82, 2.24) is 14.6 Å². The van der Waals surface area contributed by atoms with Crippen LogP contribution in [-0.4, -0.2) is 53.2 Å². The Labute approximate surface area is 221 Å². The Morgan fingerprint density at radius 3 is 2.42 bits per heavy atom. The second-order valence-corrected chi connectivity index (χ2v) is 8.63. The molecule has 1 unspecified atom stereocenters. The highest BCUT2D eigenvalue weighted by atomic mass is 32.1. The van der Waals surface area contributed by atoms with Crippen LogP contribution in [0.1, 0.15) is 44.3 Å².